The number of thioether (sulfide) groups is 1. The molecule has 0 atom stereocenters. The van der Waals surface area contributed by atoms with E-state index in [1.54, 1.807) is 16.3 Å². The van der Waals surface area contributed by atoms with Crippen molar-refractivity contribution >= 4 is 23.4 Å². The number of hydrogen-bond donors (Lipinski definition) is 1. The molecule has 0 aliphatic heterocycles. The van der Waals surface area contributed by atoms with Crippen molar-refractivity contribution in [3.05, 3.63) is 66.4 Å². The zero-order valence-corrected chi connectivity index (χ0v) is 18.5. The van der Waals surface area contributed by atoms with Crippen LogP contribution in [-0.2, 0) is 25.1 Å². The van der Waals surface area contributed by atoms with E-state index in [0.29, 0.717) is 11.0 Å². The molecule has 1 amide bonds. The van der Waals surface area contributed by atoms with E-state index in [2.05, 4.69) is 20.6 Å². The highest BCUT2D eigenvalue weighted by Crippen LogP contribution is 2.32. The van der Waals surface area contributed by atoms with Crippen LogP contribution < -0.4 is 5.32 Å². The van der Waals surface area contributed by atoms with Crippen LogP contribution in [0.2, 0.25) is 0 Å². The third kappa shape index (κ3) is 5.08. The number of halogens is 3. The normalized spacial score (nSPS) is 11.5. The summed E-state index contributed by atoms with van der Waals surface area (Å²) in [6.45, 7) is 0. The summed E-state index contributed by atoms with van der Waals surface area (Å²) in [6.07, 6.45) is -2.63. The molecule has 0 spiro atoms. The van der Waals surface area contributed by atoms with Gasteiger partial charge in [0.15, 0.2) is 11.0 Å². The number of benzene rings is 2. The van der Waals surface area contributed by atoms with Crippen molar-refractivity contribution in [2.24, 2.45) is 14.1 Å². The Labute approximate surface area is 191 Å². The molecule has 7 nitrogen and oxygen atoms in total. The number of nitrogens with one attached hydrogen (secondary N) is 1. The minimum atomic E-state index is -4.48. The molecule has 1 N–H and O–H groups in total. The van der Waals surface area contributed by atoms with Crippen LogP contribution in [0.25, 0.3) is 22.6 Å². The Balaban J connectivity index is 1.47. The van der Waals surface area contributed by atoms with Gasteiger partial charge < -0.3 is 9.88 Å². The van der Waals surface area contributed by atoms with E-state index >= 15 is 0 Å². The van der Waals surface area contributed by atoms with Crippen molar-refractivity contribution in [3.63, 3.8) is 0 Å². The van der Waals surface area contributed by atoms with Gasteiger partial charge in [-0.3, -0.25) is 9.48 Å². The summed E-state index contributed by atoms with van der Waals surface area (Å²) >= 11 is 1.14. The summed E-state index contributed by atoms with van der Waals surface area (Å²) in [5.41, 5.74) is 1.74. The Bertz CT molecular complexity index is 1280. The fraction of sp³-hybridized carbons (Fsp3) is 0.182. The first-order valence-corrected chi connectivity index (χ1v) is 10.8. The van der Waals surface area contributed by atoms with Crippen LogP contribution in [0.3, 0.4) is 0 Å². The van der Waals surface area contributed by atoms with Crippen molar-refractivity contribution in [1.29, 1.82) is 0 Å². The van der Waals surface area contributed by atoms with Crippen molar-refractivity contribution < 1.29 is 18.0 Å². The molecule has 0 radical (unpaired) electrons. The van der Waals surface area contributed by atoms with Gasteiger partial charge in [0.25, 0.3) is 0 Å². The molecular weight excluding hydrogens is 453 g/mol. The molecule has 170 valence electrons. The average Bonchev–Trinajstić information content (AvgIpc) is 3.34. The van der Waals surface area contributed by atoms with Crippen molar-refractivity contribution in [2.75, 3.05) is 11.1 Å². The largest absolute Gasteiger partial charge is 0.416 e. The Morgan fingerprint density at radius 3 is 2.55 bits per heavy atom. The van der Waals surface area contributed by atoms with Gasteiger partial charge in [0.05, 0.1) is 16.9 Å². The molecule has 2 aromatic heterocycles. The Kier molecular flexibility index (Phi) is 6.23. The molecule has 0 aliphatic rings. The number of hydrogen-bond acceptors (Lipinski definition) is 5. The van der Waals surface area contributed by atoms with Gasteiger partial charge in [-0.15, -0.1) is 10.2 Å². The van der Waals surface area contributed by atoms with E-state index in [1.165, 1.54) is 12.1 Å². The maximum absolute atomic E-state index is 12.9. The van der Waals surface area contributed by atoms with E-state index in [-0.39, 0.29) is 11.4 Å². The van der Waals surface area contributed by atoms with Crippen LogP contribution in [0.1, 0.15) is 5.56 Å². The SMILES string of the molecule is Cn1cc(-c2nnc(SCC(=O)Nc3cccc(C(F)(F)F)c3)n2C)c(-c2ccccc2)n1. The standard InChI is InChI=1S/C22H19F3N6OS/c1-30-12-17(19(29-30)14-7-4-3-5-8-14)20-27-28-21(31(20)2)33-13-18(32)26-16-10-6-9-15(11-16)22(23,24)25/h3-12H,13H2,1-2H3,(H,26,32). The van der Waals surface area contributed by atoms with Crippen LogP contribution in [-0.4, -0.2) is 36.2 Å². The lowest BCUT2D eigenvalue weighted by Crippen LogP contribution is -2.15. The molecule has 4 rings (SSSR count). The third-order valence-electron chi connectivity index (χ3n) is 4.76. The first-order chi connectivity index (χ1) is 15.7. The van der Waals surface area contributed by atoms with Crippen LogP contribution in [0, 0.1) is 0 Å². The number of rotatable bonds is 6. The molecule has 4 aromatic rings. The Morgan fingerprint density at radius 2 is 1.82 bits per heavy atom. The maximum Gasteiger partial charge on any atom is 0.416 e. The van der Waals surface area contributed by atoms with Gasteiger partial charge >= 0.3 is 6.18 Å². The summed E-state index contributed by atoms with van der Waals surface area (Å²) in [5.74, 6) is 0.0961. The molecule has 0 bridgehead atoms. The monoisotopic (exact) mass is 472 g/mol. The lowest BCUT2D eigenvalue weighted by atomic mass is 10.1. The fourth-order valence-corrected chi connectivity index (χ4v) is 3.95. The third-order valence-corrected chi connectivity index (χ3v) is 5.78. The maximum atomic E-state index is 12.9. The Hall–Kier alpha value is -3.60. The first-order valence-electron chi connectivity index (χ1n) is 9.81. The van der Waals surface area contributed by atoms with Gasteiger partial charge in [0, 0.05) is 31.5 Å². The lowest BCUT2D eigenvalue weighted by Gasteiger charge is -2.09. The predicted molar refractivity (Wildman–Crippen MR) is 119 cm³/mol. The number of anilines is 1. The van der Waals surface area contributed by atoms with Crippen LogP contribution in [0.4, 0.5) is 18.9 Å². The summed E-state index contributed by atoms with van der Waals surface area (Å²) in [7, 11) is 3.60. The van der Waals surface area contributed by atoms with Gasteiger partial charge in [-0.05, 0) is 18.2 Å². The van der Waals surface area contributed by atoms with E-state index in [1.807, 2.05) is 43.6 Å². The van der Waals surface area contributed by atoms with Gasteiger partial charge in [-0.1, -0.05) is 48.2 Å². The number of carbonyl (C=O) groups excluding carboxylic acids is 1. The second kappa shape index (κ2) is 9.10. The first kappa shape index (κ1) is 22.6. The van der Waals surface area contributed by atoms with Gasteiger partial charge in [0.2, 0.25) is 5.91 Å². The minimum absolute atomic E-state index is 0.0409. The van der Waals surface area contributed by atoms with Crippen molar-refractivity contribution in [3.8, 4) is 22.6 Å². The number of amides is 1. The van der Waals surface area contributed by atoms with Gasteiger partial charge in [-0.2, -0.15) is 18.3 Å². The number of carbonyl (C=O) groups is 1. The van der Waals surface area contributed by atoms with Gasteiger partial charge in [-0.25, -0.2) is 0 Å². The van der Waals surface area contributed by atoms with E-state index in [4.69, 9.17) is 0 Å². The molecule has 33 heavy (non-hydrogen) atoms. The second-order valence-electron chi connectivity index (χ2n) is 7.21. The number of nitrogens with zero attached hydrogens (tertiary/aromatic N) is 5. The van der Waals surface area contributed by atoms with Gasteiger partial charge in [0.1, 0.15) is 5.69 Å². The van der Waals surface area contributed by atoms with E-state index in [0.717, 1.165) is 40.7 Å². The quantitative estimate of drug-likeness (QED) is 0.414. The summed E-state index contributed by atoms with van der Waals surface area (Å²) in [5, 5.41) is 16.0. The average molecular weight is 472 g/mol. The predicted octanol–water partition coefficient (Wildman–Crippen LogP) is 4.63. The molecule has 0 fully saturated rings. The highest BCUT2D eigenvalue weighted by Gasteiger charge is 2.30. The van der Waals surface area contributed by atoms with E-state index < -0.39 is 17.6 Å². The van der Waals surface area contributed by atoms with E-state index in [9.17, 15) is 18.0 Å². The number of alkyl halides is 3. The van der Waals surface area contributed by atoms with Crippen LogP contribution in [0.5, 0.6) is 0 Å². The molecule has 0 aliphatic carbocycles. The number of aryl methyl sites for hydroxylation is 1. The smallest absolute Gasteiger partial charge is 0.325 e. The molecular formula is C22H19F3N6OS. The second-order valence-corrected chi connectivity index (χ2v) is 8.15. The highest BCUT2D eigenvalue weighted by molar-refractivity contribution is 7.99. The minimum Gasteiger partial charge on any atom is -0.325 e. The van der Waals surface area contributed by atoms with Crippen molar-refractivity contribution in [1.82, 2.24) is 24.5 Å². The topological polar surface area (TPSA) is 77.6 Å². The summed E-state index contributed by atoms with van der Waals surface area (Å²) < 4.78 is 42.0. The fourth-order valence-electron chi connectivity index (χ4n) is 3.24. The zero-order chi connectivity index (χ0) is 23.6. The van der Waals surface area contributed by atoms with Crippen LogP contribution >= 0.6 is 11.8 Å². The molecule has 2 heterocycles. The molecule has 0 saturated carbocycles. The van der Waals surface area contributed by atoms with Crippen LogP contribution in [0.15, 0.2) is 66.0 Å². The Morgan fingerprint density at radius 1 is 1.06 bits per heavy atom. The zero-order valence-electron chi connectivity index (χ0n) is 17.7. The van der Waals surface area contributed by atoms with Crippen molar-refractivity contribution in [2.45, 2.75) is 11.3 Å². The molecule has 2 aromatic carbocycles. The highest BCUT2D eigenvalue weighted by atomic mass is 32.2. The molecule has 0 saturated heterocycles. The summed E-state index contributed by atoms with van der Waals surface area (Å²) in [4.78, 5) is 12.3. The number of aromatic nitrogens is 5. The summed E-state index contributed by atoms with van der Waals surface area (Å²) in [6, 6.07) is 14.2. The lowest BCUT2D eigenvalue weighted by molar-refractivity contribution is -0.137. The molecule has 11 heteroatoms. The molecule has 0 unspecified atom stereocenters.